The average Bonchev–Trinajstić information content (AvgIpc) is 2.76. The summed E-state index contributed by atoms with van der Waals surface area (Å²) in [5.41, 5.74) is -0.748. The Bertz CT molecular complexity index is 459. The lowest BCUT2D eigenvalue weighted by Gasteiger charge is -2.13. The Hall–Kier alpha value is -1.14. The van der Waals surface area contributed by atoms with Gasteiger partial charge in [-0.05, 0) is 50.2 Å². The number of nitrogens with zero attached hydrogens (tertiary/aromatic N) is 1. The fourth-order valence-electron chi connectivity index (χ4n) is 2.51. The van der Waals surface area contributed by atoms with Crippen molar-refractivity contribution in [2.45, 2.75) is 19.1 Å². The number of rotatable bonds is 4. The van der Waals surface area contributed by atoms with E-state index in [-0.39, 0.29) is 0 Å². The van der Waals surface area contributed by atoms with Gasteiger partial charge in [0.1, 0.15) is 5.82 Å². The van der Waals surface area contributed by atoms with Crippen molar-refractivity contribution in [3.8, 4) is 0 Å². The first-order valence-corrected chi connectivity index (χ1v) is 6.61. The van der Waals surface area contributed by atoms with E-state index in [4.69, 9.17) is 0 Å². The lowest BCUT2D eigenvalue weighted by molar-refractivity contribution is -0.140. The van der Waals surface area contributed by atoms with Crippen LogP contribution in [-0.4, -0.2) is 31.6 Å². The number of nitrogens with one attached hydrogen (secondary N) is 1. The average molecular weight is 290 g/mol. The zero-order valence-electron chi connectivity index (χ0n) is 11.3. The van der Waals surface area contributed by atoms with Gasteiger partial charge in [-0.2, -0.15) is 13.2 Å². The fourth-order valence-corrected chi connectivity index (χ4v) is 2.51. The maximum Gasteiger partial charge on any atom is 0.419 e. The quantitative estimate of drug-likeness (QED) is 0.858. The van der Waals surface area contributed by atoms with Crippen LogP contribution >= 0.6 is 0 Å². The van der Waals surface area contributed by atoms with Crippen LogP contribution in [0.1, 0.15) is 17.5 Å². The van der Waals surface area contributed by atoms with Crippen molar-refractivity contribution in [3.05, 3.63) is 35.1 Å². The van der Waals surface area contributed by atoms with Gasteiger partial charge in [0.2, 0.25) is 0 Å². The van der Waals surface area contributed by atoms with E-state index >= 15 is 0 Å². The van der Waals surface area contributed by atoms with Crippen LogP contribution in [0.25, 0.3) is 0 Å². The van der Waals surface area contributed by atoms with Crippen molar-refractivity contribution in [2.75, 3.05) is 26.7 Å². The van der Waals surface area contributed by atoms with Crippen molar-refractivity contribution >= 4 is 0 Å². The van der Waals surface area contributed by atoms with Gasteiger partial charge in [0.15, 0.2) is 0 Å². The summed E-state index contributed by atoms with van der Waals surface area (Å²) in [4.78, 5) is 2.23. The number of hydrogen-bond donors (Lipinski definition) is 1. The highest BCUT2D eigenvalue weighted by atomic mass is 19.4. The summed E-state index contributed by atoms with van der Waals surface area (Å²) in [6.07, 6.45) is -3.55. The molecule has 1 N–H and O–H groups in total. The van der Waals surface area contributed by atoms with Gasteiger partial charge in [0, 0.05) is 13.1 Å². The molecular weight excluding hydrogens is 272 g/mol. The van der Waals surface area contributed by atoms with Crippen molar-refractivity contribution in [2.24, 2.45) is 5.92 Å². The second-order valence-corrected chi connectivity index (χ2v) is 5.36. The molecule has 1 heterocycles. The fraction of sp³-hybridized carbons (Fsp3) is 0.571. The van der Waals surface area contributed by atoms with Crippen molar-refractivity contribution < 1.29 is 17.6 Å². The molecule has 112 valence electrons. The third-order valence-corrected chi connectivity index (χ3v) is 3.59. The van der Waals surface area contributed by atoms with E-state index in [1.54, 1.807) is 0 Å². The standard InChI is InChI=1S/C14H18F4N2/c1-20-5-4-11(9-20)8-19-7-10-2-3-13(15)12(6-10)14(16,17)18/h2-3,6,11,19H,4-5,7-9H2,1H3. The van der Waals surface area contributed by atoms with Crippen LogP contribution in [0, 0.1) is 11.7 Å². The number of hydrogen-bond acceptors (Lipinski definition) is 2. The molecule has 0 amide bonds. The van der Waals surface area contributed by atoms with Gasteiger partial charge in [0.25, 0.3) is 0 Å². The smallest absolute Gasteiger partial charge is 0.312 e. The molecule has 1 fully saturated rings. The van der Waals surface area contributed by atoms with E-state index in [9.17, 15) is 17.6 Å². The maximum absolute atomic E-state index is 13.1. The van der Waals surface area contributed by atoms with Crippen molar-refractivity contribution in [3.63, 3.8) is 0 Å². The molecule has 0 saturated carbocycles. The van der Waals surface area contributed by atoms with Crippen LogP contribution in [0.5, 0.6) is 0 Å². The van der Waals surface area contributed by atoms with Crippen LogP contribution in [0.3, 0.4) is 0 Å². The van der Waals surface area contributed by atoms with Crippen LogP contribution in [-0.2, 0) is 12.7 Å². The van der Waals surface area contributed by atoms with Crippen molar-refractivity contribution in [1.29, 1.82) is 0 Å². The summed E-state index contributed by atoms with van der Waals surface area (Å²) >= 11 is 0. The van der Waals surface area contributed by atoms with E-state index in [0.29, 0.717) is 18.0 Å². The summed E-state index contributed by atoms with van der Waals surface area (Å²) in [6.45, 7) is 3.15. The number of alkyl halides is 3. The Labute approximate surface area is 115 Å². The Morgan fingerprint density at radius 1 is 1.35 bits per heavy atom. The van der Waals surface area contributed by atoms with E-state index < -0.39 is 17.6 Å². The number of benzene rings is 1. The molecule has 0 aliphatic carbocycles. The molecule has 1 aliphatic rings. The zero-order chi connectivity index (χ0) is 14.8. The van der Waals surface area contributed by atoms with Gasteiger partial charge < -0.3 is 10.2 Å². The molecule has 2 rings (SSSR count). The summed E-state index contributed by atoms with van der Waals surface area (Å²) < 4.78 is 50.9. The van der Waals surface area contributed by atoms with Gasteiger partial charge in [0.05, 0.1) is 5.56 Å². The molecule has 0 bridgehead atoms. The predicted molar refractivity (Wildman–Crippen MR) is 68.7 cm³/mol. The monoisotopic (exact) mass is 290 g/mol. The highest BCUT2D eigenvalue weighted by molar-refractivity contribution is 5.27. The number of likely N-dealkylation sites (tertiary alicyclic amines) is 1. The zero-order valence-corrected chi connectivity index (χ0v) is 11.3. The highest BCUT2D eigenvalue weighted by Crippen LogP contribution is 2.31. The van der Waals surface area contributed by atoms with Crippen molar-refractivity contribution in [1.82, 2.24) is 10.2 Å². The van der Waals surface area contributed by atoms with Crippen LogP contribution in [0.15, 0.2) is 18.2 Å². The van der Waals surface area contributed by atoms with Gasteiger partial charge >= 0.3 is 6.18 Å². The second kappa shape index (κ2) is 6.10. The lowest BCUT2D eigenvalue weighted by atomic mass is 10.1. The largest absolute Gasteiger partial charge is 0.419 e. The minimum absolute atomic E-state index is 0.323. The molecule has 2 nitrogen and oxygen atoms in total. The van der Waals surface area contributed by atoms with Crippen LogP contribution in [0.4, 0.5) is 17.6 Å². The van der Waals surface area contributed by atoms with Gasteiger partial charge in [-0.15, -0.1) is 0 Å². The Morgan fingerprint density at radius 2 is 2.10 bits per heavy atom. The van der Waals surface area contributed by atoms with E-state index in [0.717, 1.165) is 38.2 Å². The maximum atomic E-state index is 13.1. The molecular formula is C14H18F4N2. The van der Waals surface area contributed by atoms with Gasteiger partial charge in [-0.3, -0.25) is 0 Å². The molecule has 1 aromatic carbocycles. The molecule has 1 saturated heterocycles. The SMILES string of the molecule is CN1CCC(CNCc2ccc(F)c(C(F)(F)F)c2)C1. The Kier molecular flexibility index (Phi) is 4.65. The van der Waals surface area contributed by atoms with E-state index in [1.807, 2.05) is 0 Å². The minimum atomic E-state index is -4.64. The predicted octanol–water partition coefficient (Wildman–Crippen LogP) is 2.89. The van der Waals surface area contributed by atoms with Gasteiger partial charge in [-0.25, -0.2) is 4.39 Å². The molecule has 6 heteroatoms. The molecule has 1 atom stereocenters. The topological polar surface area (TPSA) is 15.3 Å². The Balaban J connectivity index is 1.90. The summed E-state index contributed by atoms with van der Waals surface area (Å²) in [6, 6.07) is 3.14. The summed E-state index contributed by atoms with van der Waals surface area (Å²) in [7, 11) is 2.05. The second-order valence-electron chi connectivity index (χ2n) is 5.36. The van der Waals surface area contributed by atoms with Crippen LogP contribution in [0.2, 0.25) is 0 Å². The first-order chi connectivity index (χ1) is 9.36. The van der Waals surface area contributed by atoms with Crippen LogP contribution < -0.4 is 5.32 Å². The molecule has 0 aromatic heterocycles. The first-order valence-electron chi connectivity index (χ1n) is 6.61. The lowest BCUT2D eigenvalue weighted by Crippen LogP contribution is -2.25. The Morgan fingerprint density at radius 3 is 2.70 bits per heavy atom. The molecule has 20 heavy (non-hydrogen) atoms. The third kappa shape index (κ3) is 3.93. The van der Waals surface area contributed by atoms with Gasteiger partial charge in [-0.1, -0.05) is 6.07 Å². The number of halogens is 4. The minimum Gasteiger partial charge on any atom is -0.312 e. The first kappa shape index (κ1) is 15.3. The highest BCUT2D eigenvalue weighted by Gasteiger charge is 2.34. The van der Waals surface area contributed by atoms with E-state index in [2.05, 4.69) is 17.3 Å². The molecule has 1 unspecified atom stereocenters. The molecule has 1 aliphatic heterocycles. The van der Waals surface area contributed by atoms with E-state index in [1.165, 1.54) is 6.07 Å². The molecule has 1 aromatic rings. The summed E-state index contributed by atoms with van der Waals surface area (Å²) in [5.74, 6) is -0.693. The third-order valence-electron chi connectivity index (χ3n) is 3.59. The molecule has 0 radical (unpaired) electrons. The summed E-state index contributed by atoms with van der Waals surface area (Å²) in [5, 5.41) is 3.15. The molecule has 0 spiro atoms. The normalized spacial score (nSPS) is 20.6.